The second-order valence-corrected chi connectivity index (χ2v) is 5.47. The van der Waals surface area contributed by atoms with Crippen LogP contribution in [0.3, 0.4) is 0 Å². The summed E-state index contributed by atoms with van der Waals surface area (Å²) in [6.07, 6.45) is 1.61. The van der Waals surface area contributed by atoms with Gasteiger partial charge in [0.1, 0.15) is 10.2 Å². The number of ether oxygens (including phenoxy) is 1. The van der Waals surface area contributed by atoms with Gasteiger partial charge >= 0.3 is 0 Å². The summed E-state index contributed by atoms with van der Waals surface area (Å²) in [6.45, 7) is 2.82. The minimum atomic E-state index is -0.173. The maximum absolute atomic E-state index is 12.0. The molecule has 2 aromatic rings. The normalized spacial score (nSPS) is 10.5. The van der Waals surface area contributed by atoms with Crippen LogP contribution >= 0.6 is 27.5 Å². The van der Waals surface area contributed by atoms with E-state index in [0.717, 1.165) is 5.56 Å². The zero-order valence-electron chi connectivity index (χ0n) is 11.7. The van der Waals surface area contributed by atoms with Gasteiger partial charge in [0, 0.05) is 23.7 Å². The summed E-state index contributed by atoms with van der Waals surface area (Å²) in [6, 6.07) is 5.46. The minimum absolute atomic E-state index is 0.173. The van der Waals surface area contributed by atoms with Crippen molar-refractivity contribution in [3.63, 3.8) is 0 Å². The highest BCUT2D eigenvalue weighted by atomic mass is 79.9. The molecule has 0 fully saturated rings. The lowest BCUT2D eigenvalue weighted by Crippen LogP contribution is -2.23. The van der Waals surface area contributed by atoms with Crippen molar-refractivity contribution in [2.45, 2.75) is 20.0 Å². The van der Waals surface area contributed by atoms with Crippen molar-refractivity contribution in [3.8, 4) is 5.75 Å². The Balaban J connectivity index is 2.25. The van der Waals surface area contributed by atoms with Crippen LogP contribution in [-0.2, 0) is 13.1 Å². The molecule has 0 aliphatic rings. The SMILES string of the molecule is CCn1ncc(NCc2c(Cl)cccc2OC)c(Br)c1=O. The van der Waals surface area contributed by atoms with Gasteiger partial charge in [0.2, 0.25) is 0 Å². The maximum Gasteiger partial charge on any atom is 0.283 e. The van der Waals surface area contributed by atoms with E-state index in [1.807, 2.05) is 19.1 Å². The predicted molar refractivity (Wildman–Crippen MR) is 87.2 cm³/mol. The van der Waals surface area contributed by atoms with Gasteiger partial charge in [-0.1, -0.05) is 17.7 Å². The van der Waals surface area contributed by atoms with Gasteiger partial charge in [-0.3, -0.25) is 4.79 Å². The lowest BCUT2D eigenvalue weighted by atomic mass is 10.2. The van der Waals surface area contributed by atoms with Crippen LogP contribution in [0, 0.1) is 0 Å². The molecule has 0 saturated heterocycles. The van der Waals surface area contributed by atoms with Crippen molar-refractivity contribution in [2.75, 3.05) is 12.4 Å². The number of rotatable bonds is 5. The fourth-order valence-corrected chi connectivity index (χ4v) is 2.58. The molecule has 1 aromatic carbocycles. The molecule has 21 heavy (non-hydrogen) atoms. The molecule has 0 aliphatic carbocycles. The molecule has 0 saturated carbocycles. The maximum atomic E-state index is 12.0. The first-order chi connectivity index (χ1) is 10.1. The molecule has 1 aromatic heterocycles. The quantitative estimate of drug-likeness (QED) is 0.875. The van der Waals surface area contributed by atoms with Gasteiger partial charge in [0.15, 0.2) is 0 Å². The number of hydrogen-bond donors (Lipinski definition) is 1. The molecular formula is C14H15BrClN3O2. The molecule has 1 heterocycles. The van der Waals surface area contributed by atoms with E-state index in [1.54, 1.807) is 19.4 Å². The summed E-state index contributed by atoms with van der Waals surface area (Å²) in [5.74, 6) is 0.695. The first-order valence-corrected chi connectivity index (χ1v) is 7.56. The second kappa shape index (κ2) is 6.95. The van der Waals surface area contributed by atoms with Crippen LogP contribution in [0.5, 0.6) is 5.75 Å². The van der Waals surface area contributed by atoms with E-state index in [4.69, 9.17) is 16.3 Å². The van der Waals surface area contributed by atoms with E-state index < -0.39 is 0 Å². The number of nitrogens with one attached hydrogen (secondary N) is 1. The fourth-order valence-electron chi connectivity index (χ4n) is 1.90. The van der Waals surface area contributed by atoms with Crippen molar-refractivity contribution in [1.29, 1.82) is 0 Å². The third-order valence-corrected chi connectivity index (χ3v) is 4.16. The van der Waals surface area contributed by atoms with Gasteiger partial charge in [-0.05, 0) is 35.0 Å². The summed E-state index contributed by atoms with van der Waals surface area (Å²) in [5.41, 5.74) is 1.27. The highest BCUT2D eigenvalue weighted by Gasteiger charge is 2.11. The molecule has 0 spiro atoms. The summed E-state index contributed by atoms with van der Waals surface area (Å²) in [7, 11) is 1.59. The summed E-state index contributed by atoms with van der Waals surface area (Å²) in [5, 5.41) is 7.84. The number of aromatic nitrogens is 2. The third-order valence-electron chi connectivity index (χ3n) is 3.04. The second-order valence-electron chi connectivity index (χ2n) is 4.27. The van der Waals surface area contributed by atoms with Crippen LogP contribution < -0.4 is 15.6 Å². The largest absolute Gasteiger partial charge is 0.496 e. The Kier molecular flexibility index (Phi) is 5.25. The van der Waals surface area contributed by atoms with E-state index in [1.165, 1.54) is 4.68 Å². The van der Waals surface area contributed by atoms with Gasteiger partial charge in [-0.2, -0.15) is 5.10 Å². The molecule has 0 aliphatic heterocycles. The van der Waals surface area contributed by atoms with E-state index in [-0.39, 0.29) is 5.56 Å². The third kappa shape index (κ3) is 3.39. The average Bonchev–Trinajstić information content (AvgIpc) is 2.49. The molecular weight excluding hydrogens is 358 g/mol. The first kappa shape index (κ1) is 15.9. The molecule has 2 rings (SSSR count). The van der Waals surface area contributed by atoms with Crippen LogP contribution in [0.2, 0.25) is 5.02 Å². The Labute approximate surface area is 136 Å². The van der Waals surface area contributed by atoms with Crippen LogP contribution in [0.1, 0.15) is 12.5 Å². The van der Waals surface area contributed by atoms with E-state index in [2.05, 4.69) is 26.3 Å². The number of methoxy groups -OCH3 is 1. The minimum Gasteiger partial charge on any atom is -0.496 e. The zero-order chi connectivity index (χ0) is 15.4. The summed E-state index contributed by atoms with van der Waals surface area (Å²) >= 11 is 9.48. The van der Waals surface area contributed by atoms with Gasteiger partial charge in [-0.15, -0.1) is 0 Å². The van der Waals surface area contributed by atoms with Crippen molar-refractivity contribution in [3.05, 3.63) is 49.8 Å². The van der Waals surface area contributed by atoms with Crippen LogP contribution in [0.4, 0.5) is 5.69 Å². The number of aryl methyl sites for hydroxylation is 1. The predicted octanol–water partition coefficient (Wildman–Crippen LogP) is 3.30. The smallest absolute Gasteiger partial charge is 0.283 e. The Morgan fingerprint density at radius 1 is 1.48 bits per heavy atom. The van der Waals surface area contributed by atoms with Crippen LogP contribution in [0.15, 0.2) is 33.7 Å². The Bertz CT molecular complexity index is 703. The topological polar surface area (TPSA) is 56.1 Å². The van der Waals surface area contributed by atoms with E-state index in [9.17, 15) is 4.79 Å². The summed E-state index contributed by atoms with van der Waals surface area (Å²) in [4.78, 5) is 12.0. The first-order valence-electron chi connectivity index (χ1n) is 6.39. The number of halogens is 2. The van der Waals surface area contributed by atoms with Crippen LogP contribution in [-0.4, -0.2) is 16.9 Å². The van der Waals surface area contributed by atoms with E-state index in [0.29, 0.717) is 34.0 Å². The van der Waals surface area contributed by atoms with Crippen molar-refractivity contribution >= 4 is 33.2 Å². The van der Waals surface area contributed by atoms with Crippen molar-refractivity contribution in [2.24, 2.45) is 0 Å². The van der Waals surface area contributed by atoms with Crippen molar-refractivity contribution in [1.82, 2.24) is 9.78 Å². The number of nitrogens with zero attached hydrogens (tertiary/aromatic N) is 2. The van der Waals surface area contributed by atoms with Gasteiger partial charge in [-0.25, -0.2) is 4.68 Å². The average molecular weight is 373 g/mol. The van der Waals surface area contributed by atoms with Crippen LogP contribution in [0.25, 0.3) is 0 Å². The number of benzene rings is 1. The molecule has 5 nitrogen and oxygen atoms in total. The Hall–Kier alpha value is -1.53. The lowest BCUT2D eigenvalue weighted by Gasteiger charge is -2.13. The molecule has 0 atom stereocenters. The zero-order valence-corrected chi connectivity index (χ0v) is 14.0. The molecule has 0 radical (unpaired) electrons. The van der Waals surface area contributed by atoms with Gasteiger partial charge in [0.05, 0.1) is 19.0 Å². The molecule has 1 N–H and O–H groups in total. The number of hydrogen-bond acceptors (Lipinski definition) is 4. The molecule has 0 bridgehead atoms. The highest BCUT2D eigenvalue weighted by molar-refractivity contribution is 9.10. The monoisotopic (exact) mass is 371 g/mol. The standard InChI is InChI=1S/C14H15BrClN3O2/c1-3-19-14(20)13(15)11(8-18-19)17-7-9-10(16)5-4-6-12(9)21-2/h4-6,8,17H,3,7H2,1-2H3. The Morgan fingerprint density at radius 2 is 2.24 bits per heavy atom. The highest BCUT2D eigenvalue weighted by Crippen LogP contribution is 2.27. The van der Waals surface area contributed by atoms with Gasteiger partial charge in [0.25, 0.3) is 5.56 Å². The molecule has 0 unspecified atom stereocenters. The molecule has 7 heteroatoms. The van der Waals surface area contributed by atoms with Crippen molar-refractivity contribution < 1.29 is 4.74 Å². The summed E-state index contributed by atoms with van der Waals surface area (Å²) < 4.78 is 7.12. The number of anilines is 1. The Morgan fingerprint density at radius 3 is 2.90 bits per heavy atom. The fraction of sp³-hybridized carbons (Fsp3) is 0.286. The van der Waals surface area contributed by atoms with E-state index >= 15 is 0 Å². The molecule has 112 valence electrons. The molecule has 0 amide bonds. The lowest BCUT2D eigenvalue weighted by molar-refractivity contribution is 0.410. The van der Waals surface area contributed by atoms with Gasteiger partial charge < -0.3 is 10.1 Å².